The van der Waals surface area contributed by atoms with Crippen LogP contribution >= 0.6 is 0 Å². The summed E-state index contributed by atoms with van der Waals surface area (Å²) < 4.78 is 20.0. The molecule has 26 heavy (non-hydrogen) atoms. The summed E-state index contributed by atoms with van der Waals surface area (Å²) in [4.78, 5) is 27.7. The van der Waals surface area contributed by atoms with Crippen LogP contribution in [0.4, 0.5) is 10.1 Å². The molecule has 1 aromatic heterocycles. The molecule has 0 unspecified atom stereocenters. The third-order valence-corrected chi connectivity index (χ3v) is 3.58. The highest BCUT2D eigenvalue weighted by atomic mass is 19.1. The first-order valence-corrected chi connectivity index (χ1v) is 7.71. The van der Waals surface area contributed by atoms with E-state index in [1.165, 1.54) is 18.7 Å². The molecule has 2 aromatic carbocycles. The van der Waals surface area contributed by atoms with Crippen molar-refractivity contribution >= 4 is 17.6 Å². The normalized spacial score (nSPS) is 10.4. The minimum absolute atomic E-state index is 0.294. The maximum absolute atomic E-state index is 13.5. The van der Waals surface area contributed by atoms with Crippen molar-refractivity contribution < 1.29 is 18.7 Å². The van der Waals surface area contributed by atoms with Gasteiger partial charge in [-0.05, 0) is 48.9 Å². The predicted octanol–water partition coefficient (Wildman–Crippen LogP) is 2.51. The van der Waals surface area contributed by atoms with Crippen LogP contribution in [0.25, 0.3) is 5.69 Å². The highest BCUT2D eigenvalue weighted by molar-refractivity contribution is 5.95. The zero-order valence-electron chi connectivity index (χ0n) is 13.8. The van der Waals surface area contributed by atoms with Gasteiger partial charge in [-0.1, -0.05) is 6.07 Å². The summed E-state index contributed by atoms with van der Waals surface area (Å²) in [5, 5.41) is 6.45. The lowest BCUT2D eigenvalue weighted by molar-refractivity contribution is -0.119. The van der Waals surface area contributed by atoms with Gasteiger partial charge in [0.05, 0.1) is 11.3 Å². The molecule has 7 nitrogen and oxygen atoms in total. The fourth-order valence-electron chi connectivity index (χ4n) is 2.17. The van der Waals surface area contributed by atoms with Crippen molar-refractivity contribution in [1.29, 1.82) is 0 Å². The Labute approximate surface area is 148 Å². The second kappa shape index (κ2) is 7.56. The quantitative estimate of drug-likeness (QED) is 0.712. The molecule has 0 aliphatic heterocycles. The standard InChI is InChI=1S/C18H15FN4O3/c1-12-2-5-14(8-16(12)19)22-17(24)9-26-18(25)13-3-6-15(7-4-13)23-11-20-10-21-23/h2-8,10-11H,9H2,1H3,(H,22,24). The minimum atomic E-state index is -0.639. The number of amides is 1. The van der Waals surface area contributed by atoms with Gasteiger partial charge in [-0.3, -0.25) is 4.79 Å². The molecule has 0 aliphatic rings. The van der Waals surface area contributed by atoms with Gasteiger partial charge in [0.1, 0.15) is 18.5 Å². The first-order chi connectivity index (χ1) is 12.5. The molecule has 3 rings (SSSR count). The van der Waals surface area contributed by atoms with Crippen LogP contribution in [0.1, 0.15) is 15.9 Å². The topological polar surface area (TPSA) is 86.1 Å². The minimum Gasteiger partial charge on any atom is -0.452 e. The molecule has 0 aliphatic carbocycles. The van der Waals surface area contributed by atoms with E-state index in [4.69, 9.17) is 4.74 Å². The zero-order valence-corrected chi connectivity index (χ0v) is 13.8. The van der Waals surface area contributed by atoms with E-state index in [0.717, 1.165) is 5.69 Å². The number of carbonyl (C=O) groups excluding carboxylic acids is 2. The molecular formula is C18H15FN4O3. The van der Waals surface area contributed by atoms with Crippen molar-refractivity contribution in [1.82, 2.24) is 14.8 Å². The van der Waals surface area contributed by atoms with Crippen molar-refractivity contribution in [3.05, 3.63) is 72.1 Å². The molecule has 0 saturated heterocycles. The average Bonchev–Trinajstić information content (AvgIpc) is 3.18. The molecule has 1 N–H and O–H groups in total. The van der Waals surface area contributed by atoms with Crippen LogP contribution in [-0.4, -0.2) is 33.2 Å². The van der Waals surface area contributed by atoms with E-state index in [1.54, 1.807) is 48.0 Å². The third kappa shape index (κ3) is 4.10. The number of nitrogens with one attached hydrogen (secondary N) is 1. The van der Waals surface area contributed by atoms with Gasteiger partial charge >= 0.3 is 5.97 Å². The van der Waals surface area contributed by atoms with Crippen LogP contribution in [0, 0.1) is 12.7 Å². The molecule has 0 spiro atoms. The van der Waals surface area contributed by atoms with E-state index >= 15 is 0 Å². The van der Waals surface area contributed by atoms with Gasteiger partial charge in [-0.15, -0.1) is 0 Å². The Hall–Kier alpha value is -3.55. The second-order valence-electron chi connectivity index (χ2n) is 5.48. The maximum Gasteiger partial charge on any atom is 0.338 e. The Morgan fingerprint density at radius 1 is 1.19 bits per heavy atom. The molecule has 132 valence electrons. The molecule has 1 amide bonds. The summed E-state index contributed by atoms with van der Waals surface area (Å²) in [6.07, 6.45) is 2.94. The lowest BCUT2D eigenvalue weighted by atomic mass is 10.2. The molecular weight excluding hydrogens is 339 g/mol. The average molecular weight is 354 g/mol. The van der Waals surface area contributed by atoms with Crippen molar-refractivity contribution in [3.8, 4) is 5.69 Å². The predicted molar refractivity (Wildman–Crippen MR) is 91.4 cm³/mol. The number of benzene rings is 2. The molecule has 0 bridgehead atoms. The first kappa shape index (κ1) is 17.3. The number of hydrogen-bond acceptors (Lipinski definition) is 5. The molecule has 1 heterocycles. The van der Waals surface area contributed by atoms with Crippen molar-refractivity contribution in [2.24, 2.45) is 0 Å². The third-order valence-electron chi connectivity index (χ3n) is 3.58. The number of aryl methyl sites for hydroxylation is 1. The van der Waals surface area contributed by atoms with E-state index < -0.39 is 24.3 Å². The highest BCUT2D eigenvalue weighted by Crippen LogP contribution is 2.13. The van der Waals surface area contributed by atoms with E-state index in [0.29, 0.717) is 16.8 Å². The van der Waals surface area contributed by atoms with Gasteiger partial charge in [0.25, 0.3) is 5.91 Å². The summed E-state index contributed by atoms with van der Waals surface area (Å²) >= 11 is 0. The first-order valence-electron chi connectivity index (χ1n) is 7.71. The Kier molecular flexibility index (Phi) is 5.02. The Bertz CT molecular complexity index is 924. The molecule has 0 fully saturated rings. The van der Waals surface area contributed by atoms with Crippen molar-refractivity contribution in [2.45, 2.75) is 6.92 Å². The number of anilines is 1. The number of rotatable bonds is 5. The fourth-order valence-corrected chi connectivity index (χ4v) is 2.17. The van der Waals surface area contributed by atoms with Gasteiger partial charge in [-0.25, -0.2) is 18.9 Å². The monoisotopic (exact) mass is 354 g/mol. The summed E-state index contributed by atoms with van der Waals surface area (Å²) in [5.74, 6) is -1.62. The molecule has 0 saturated carbocycles. The van der Waals surface area contributed by atoms with Crippen LogP contribution in [0.15, 0.2) is 55.1 Å². The number of halogens is 1. The van der Waals surface area contributed by atoms with Gasteiger partial charge in [0.2, 0.25) is 0 Å². The number of nitrogens with zero attached hydrogens (tertiary/aromatic N) is 3. The molecule has 0 radical (unpaired) electrons. The van der Waals surface area contributed by atoms with E-state index in [9.17, 15) is 14.0 Å². The summed E-state index contributed by atoms with van der Waals surface area (Å²) in [5.41, 5.74) is 1.80. The molecule has 8 heteroatoms. The van der Waals surface area contributed by atoms with Gasteiger partial charge < -0.3 is 10.1 Å². The summed E-state index contributed by atoms with van der Waals surface area (Å²) in [6.45, 7) is 1.15. The SMILES string of the molecule is Cc1ccc(NC(=O)COC(=O)c2ccc(-n3cncn3)cc2)cc1F. The Morgan fingerprint density at radius 2 is 1.96 bits per heavy atom. The number of esters is 1. The van der Waals surface area contributed by atoms with Crippen LogP contribution in [0.3, 0.4) is 0 Å². The lowest BCUT2D eigenvalue weighted by Gasteiger charge is -2.08. The van der Waals surface area contributed by atoms with Crippen LogP contribution in [0.5, 0.6) is 0 Å². The maximum atomic E-state index is 13.5. The number of hydrogen-bond donors (Lipinski definition) is 1. The van der Waals surface area contributed by atoms with Crippen molar-refractivity contribution in [3.63, 3.8) is 0 Å². The van der Waals surface area contributed by atoms with E-state index in [1.807, 2.05) is 0 Å². The van der Waals surface area contributed by atoms with Gasteiger partial charge in [0, 0.05) is 5.69 Å². The van der Waals surface area contributed by atoms with E-state index in [2.05, 4.69) is 15.4 Å². The van der Waals surface area contributed by atoms with Crippen LogP contribution in [0.2, 0.25) is 0 Å². The van der Waals surface area contributed by atoms with Crippen molar-refractivity contribution in [2.75, 3.05) is 11.9 Å². The zero-order chi connectivity index (χ0) is 18.5. The van der Waals surface area contributed by atoms with Crippen LogP contribution in [-0.2, 0) is 9.53 Å². The smallest absolute Gasteiger partial charge is 0.338 e. The molecule has 3 aromatic rings. The number of ether oxygens (including phenoxy) is 1. The Balaban J connectivity index is 1.54. The summed E-state index contributed by atoms with van der Waals surface area (Å²) in [7, 11) is 0. The highest BCUT2D eigenvalue weighted by Gasteiger charge is 2.11. The van der Waals surface area contributed by atoms with E-state index in [-0.39, 0.29) is 0 Å². The fraction of sp³-hybridized carbons (Fsp3) is 0.111. The van der Waals surface area contributed by atoms with Gasteiger partial charge in [-0.2, -0.15) is 5.10 Å². The second-order valence-corrected chi connectivity index (χ2v) is 5.48. The van der Waals surface area contributed by atoms with Gasteiger partial charge in [0.15, 0.2) is 6.61 Å². The largest absolute Gasteiger partial charge is 0.452 e. The number of carbonyl (C=O) groups is 2. The number of aromatic nitrogens is 3. The van der Waals surface area contributed by atoms with Crippen LogP contribution < -0.4 is 5.32 Å². The Morgan fingerprint density at radius 3 is 2.62 bits per heavy atom. The molecule has 0 atom stereocenters. The lowest BCUT2D eigenvalue weighted by Crippen LogP contribution is -2.21. The summed E-state index contributed by atoms with van der Waals surface area (Å²) in [6, 6.07) is 10.8.